The number of nitrogens with one attached hydrogen (secondary N) is 1. The zero-order valence-electron chi connectivity index (χ0n) is 10.6. The van der Waals surface area contributed by atoms with Gasteiger partial charge in [0, 0.05) is 6.04 Å². The Bertz CT molecular complexity index is 315. The van der Waals surface area contributed by atoms with Crippen LogP contribution in [0.15, 0.2) is 22.8 Å². The normalized spacial score (nSPS) is 26.6. The standard InChI is InChI=1S/C14H23NO/c1-11(13-7-5-9-16-13)15-12-6-4-8-14(2,3)10-12/h5,7,9,11-12,15H,4,6,8,10H2,1-3H3. The molecule has 1 heterocycles. The number of hydrogen-bond acceptors (Lipinski definition) is 2. The number of hydrogen-bond donors (Lipinski definition) is 1. The molecule has 1 aromatic heterocycles. The summed E-state index contributed by atoms with van der Waals surface area (Å²) in [5.41, 5.74) is 0.499. The molecule has 0 radical (unpaired) electrons. The second-order valence-electron chi connectivity index (χ2n) is 5.86. The van der Waals surface area contributed by atoms with Gasteiger partial charge in [-0.15, -0.1) is 0 Å². The number of rotatable bonds is 3. The van der Waals surface area contributed by atoms with Crippen molar-refractivity contribution in [1.29, 1.82) is 0 Å². The molecular weight excluding hydrogens is 198 g/mol. The highest BCUT2D eigenvalue weighted by molar-refractivity contribution is 5.03. The first kappa shape index (κ1) is 11.7. The number of furan rings is 1. The van der Waals surface area contributed by atoms with Gasteiger partial charge in [0.1, 0.15) is 5.76 Å². The minimum absolute atomic E-state index is 0.328. The van der Waals surface area contributed by atoms with Crippen LogP contribution in [0.1, 0.15) is 58.3 Å². The summed E-state index contributed by atoms with van der Waals surface area (Å²) in [5.74, 6) is 1.04. The maximum atomic E-state index is 5.43. The van der Waals surface area contributed by atoms with E-state index in [-0.39, 0.29) is 0 Å². The van der Waals surface area contributed by atoms with Crippen LogP contribution in [0.4, 0.5) is 0 Å². The van der Waals surface area contributed by atoms with Crippen molar-refractivity contribution in [2.24, 2.45) is 5.41 Å². The van der Waals surface area contributed by atoms with Gasteiger partial charge < -0.3 is 9.73 Å². The predicted molar refractivity (Wildman–Crippen MR) is 66.3 cm³/mol. The van der Waals surface area contributed by atoms with Crippen LogP contribution in [0, 0.1) is 5.41 Å². The summed E-state index contributed by atoms with van der Waals surface area (Å²) in [5, 5.41) is 3.68. The molecule has 2 atom stereocenters. The van der Waals surface area contributed by atoms with Gasteiger partial charge in [0.15, 0.2) is 0 Å². The van der Waals surface area contributed by atoms with Gasteiger partial charge in [-0.25, -0.2) is 0 Å². The van der Waals surface area contributed by atoms with Crippen molar-refractivity contribution in [1.82, 2.24) is 5.32 Å². The molecule has 1 fully saturated rings. The van der Waals surface area contributed by atoms with E-state index in [2.05, 4.69) is 26.1 Å². The fraction of sp³-hybridized carbons (Fsp3) is 0.714. The average molecular weight is 221 g/mol. The molecule has 0 aliphatic heterocycles. The molecule has 0 amide bonds. The minimum Gasteiger partial charge on any atom is -0.468 e. The van der Waals surface area contributed by atoms with Crippen molar-refractivity contribution in [3.8, 4) is 0 Å². The third-order valence-corrected chi connectivity index (χ3v) is 3.66. The lowest BCUT2D eigenvalue weighted by atomic mass is 9.75. The topological polar surface area (TPSA) is 25.2 Å². The van der Waals surface area contributed by atoms with E-state index in [4.69, 9.17) is 4.42 Å². The predicted octanol–water partition coefficient (Wildman–Crippen LogP) is 3.90. The second kappa shape index (κ2) is 4.62. The van der Waals surface area contributed by atoms with Gasteiger partial charge in [0.25, 0.3) is 0 Å². The van der Waals surface area contributed by atoms with Crippen molar-refractivity contribution in [3.05, 3.63) is 24.2 Å². The Kier molecular flexibility index (Phi) is 3.38. The third kappa shape index (κ3) is 2.88. The molecule has 2 nitrogen and oxygen atoms in total. The molecule has 0 aromatic carbocycles. The third-order valence-electron chi connectivity index (χ3n) is 3.66. The maximum Gasteiger partial charge on any atom is 0.120 e. The van der Waals surface area contributed by atoms with Crippen LogP contribution in [0.5, 0.6) is 0 Å². The minimum atomic E-state index is 0.328. The lowest BCUT2D eigenvalue weighted by Crippen LogP contribution is -2.38. The summed E-state index contributed by atoms with van der Waals surface area (Å²) in [6.45, 7) is 6.93. The van der Waals surface area contributed by atoms with E-state index in [0.29, 0.717) is 17.5 Å². The molecule has 2 unspecified atom stereocenters. The Balaban J connectivity index is 1.90. The molecule has 2 heteroatoms. The zero-order chi connectivity index (χ0) is 11.6. The maximum absolute atomic E-state index is 5.43. The average Bonchev–Trinajstić information content (AvgIpc) is 2.68. The SMILES string of the molecule is CC(NC1CCCC(C)(C)C1)c1ccco1. The van der Waals surface area contributed by atoms with Crippen LogP contribution >= 0.6 is 0 Å². The van der Waals surface area contributed by atoms with Crippen molar-refractivity contribution >= 4 is 0 Å². The molecule has 1 N–H and O–H groups in total. The molecule has 0 bridgehead atoms. The van der Waals surface area contributed by atoms with Crippen LogP contribution in [0.3, 0.4) is 0 Å². The Hall–Kier alpha value is -0.760. The zero-order valence-corrected chi connectivity index (χ0v) is 10.6. The molecule has 0 spiro atoms. The summed E-state index contributed by atoms with van der Waals surface area (Å²) in [6.07, 6.45) is 7.03. The largest absolute Gasteiger partial charge is 0.468 e. The van der Waals surface area contributed by atoms with Gasteiger partial charge >= 0.3 is 0 Å². The van der Waals surface area contributed by atoms with Crippen LogP contribution in [0.2, 0.25) is 0 Å². The van der Waals surface area contributed by atoms with E-state index in [1.54, 1.807) is 6.26 Å². The summed E-state index contributed by atoms with van der Waals surface area (Å²) >= 11 is 0. The lowest BCUT2D eigenvalue weighted by Gasteiger charge is -2.36. The molecular formula is C14H23NO. The first-order valence-electron chi connectivity index (χ1n) is 6.36. The fourth-order valence-corrected chi connectivity index (χ4v) is 2.81. The van der Waals surface area contributed by atoms with Gasteiger partial charge in [-0.1, -0.05) is 20.3 Å². The summed E-state index contributed by atoms with van der Waals surface area (Å²) in [7, 11) is 0. The van der Waals surface area contributed by atoms with E-state index in [1.807, 2.05) is 12.1 Å². The van der Waals surface area contributed by atoms with Crippen molar-refractivity contribution in [2.75, 3.05) is 0 Å². The molecule has 1 aliphatic carbocycles. The van der Waals surface area contributed by atoms with Crippen LogP contribution in [-0.4, -0.2) is 6.04 Å². The molecule has 0 saturated heterocycles. The molecule has 16 heavy (non-hydrogen) atoms. The fourth-order valence-electron chi connectivity index (χ4n) is 2.81. The smallest absolute Gasteiger partial charge is 0.120 e. The molecule has 1 aliphatic rings. The monoisotopic (exact) mass is 221 g/mol. The molecule has 1 aromatic rings. The molecule has 90 valence electrons. The second-order valence-corrected chi connectivity index (χ2v) is 5.86. The van der Waals surface area contributed by atoms with Crippen molar-refractivity contribution in [3.63, 3.8) is 0 Å². The van der Waals surface area contributed by atoms with E-state index < -0.39 is 0 Å². The Morgan fingerprint density at radius 3 is 2.94 bits per heavy atom. The highest BCUT2D eigenvalue weighted by atomic mass is 16.3. The van der Waals surface area contributed by atoms with Gasteiger partial charge in [-0.3, -0.25) is 0 Å². The molecule has 2 rings (SSSR count). The first-order valence-corrected chi connectivity index (χ1v) is 6.36. The Morgan fingerprint density at radius 1 is 1.50 bits per heavy atom. The highest BCUT2D eigenvalue weighted by Gasteiger charge is 2.28. The van der Waals surface area contributed by atoms with Gasteiger partial charge in [0.05, 0.1) is 12.3 Å². The van der Waals surface area contributed by atoms with E-state index in [0.717, 1.165) is 5.76 Å². The summed E-state index contributed by atoms with van der Waals surface area (Å²) < 4.78 is 5.43. The molecule has 1 saturated carbocycles. The van der Waals surface area contributed by atoms with Gasteiger partial charge in [-0.2, -0.15) is 0 Å². The quantitative estimate of drug-likeness (QED) is 0.837. The van der Waals surface area contributed by atoms with Gasteiger partial charge in [-0.05, 0) is 43.7 Å². The van der Waals surface area contributed by atoms with Crippen molar-refractivity contribution < 1.29 is 4.42 Å². The Morgan fingerprint density at radius 2 is 2.31 bits per heavy atom. The first-order chi connectivity index (χ1) is 7.57. The van der Waals surface area contributed by atoms with Crippen LogP contribution in [0.25, 0.3) is 0 Å². The van der Waals surface area contributed by atoms with Gasteiger partial charge in [0.2, 0.25) is 0 Å². The van der Waals surface area contributed by atoms with Crippen LogP contribution in [-0.2, 0) is 0 Å². The van der Waals surface area contributed by atoms with E-state index >= 15 is 0 Å². The summed E-state index contributed by atoms with van der Waals surface area (Å²) in [6, 6.07) is 4.97. The lowest BCUT2D eigenvalue weighted by molar-refractivity contribution is 0.187. The van der Waals surface area contributed by atoms with Crippen LogP contribution < -0.4 is 5.32 Å². The highest BCUT2D eigenvalue weighted by Crippen LogP contribution is 2.35. The Labute approximate surface area is 98.4 Å². The van der Waals surface area contributed by atoms with E-state index in [1.165, 1.54) is 25.7 Å². The summed E-state index contributed by atoms with van der Waals surface area (Å²) in [4.78, 5) is 0. The van der Waals surface area contributed by atoms with Crippen molar-refractivity contribution in [2.45, 2.75) is 58.5 Å². The van der Waals surface area contributed by atoms with E-state index in [9.17, 15) is 0 Å².